The van der Waals surface area contributed by atoms with Gasteiger partial charge in [-0.15, -0.1) is 0 Å². The van der Waals surface area contributed by atoms with Crippen molar-refractivity contribution in [2.75, 3.05) is 13.7 Å². The number of pyridine rings is 1. The van der Waals surface area contributed by atoms with Gasteiger partial charge in [-0.2, -0.15) is 0 Å². The molecule has 0 saturated carbocycles. The lowest BCUT2D eigenvalue weighted by molar-refractivity contribution is 0.0726. The molecule has 2 aromatic rings. The first-order valence-corrected chi connectivity index (χ1v) is 9.42. The molecule has 26 heavy (non-hydrogen) atoms. The third kappa shape index (κ3) is 2.87. The summed E-state index contributed by atoms with van der Waals surface area (Å²) in [5, 5.41) is 4.23. The van der Waals surface area contributed by atoms with Gasteiger partial charge in [-0.05, 0) is 43.7 Å². The van der Waals surface area contributed by atoms with Crippen LogP contribution >= 0.6 is 0 Å². The molecule has 1 aliphatic heterocycles. The number of aryl methyl sites for hydroxylation is 2. The number of likely N-dealkylation sites (tertiary alicyclic amines) is 1. The second kappa shape index (κ2) is 6.74. The lowest BCUT2D eigenvalue weighted by atomic mass is 10.1. The van der Waals surface area contributed by atoms with Gasteiger partial charge in [0, 0.05) is 24.2 Å². The number of carbonyl (C=O) groups is 1. The van der Waals surface area contributed by atoms with Crippen molar-refractivity contribution in [1.82, 2.24) is 15.0 Å². The fourth-order valence-electron chi connectivity index (χ4n) is 3.97. The fourth-order valence-corrected chi connectivity index (χ4v) is 3.97. The number of ether oxygens (including phenoxy) is 1. The standard InChI is InChI=1S/C20H25N3O3/c1-12(2)18-11-16(22-26-18)17-8-5-9-23(17)20(24)14-10-13-6-4-7-15(13)21-19(14)25-3/h10-12,17H,4-9H2,1-3H3. The Labute approximate surface area is 153 Å². The average molecular weight is 355 g/mol. The van der Waals surface area contributed by atoms with Crippen LogP contribution in [-0.4, -0.2) is 34.6 Å². The van der Waals surface area contributed by atoms with Gasteiger partial charge in [-0.3, -0.25) is 4.79 Å². The van der Waals surface area contributed by atoms with Crippen molar-refractivity contribution in [1.29, 1.82) is 0 Å². The second-order valence-electron chi connectivity index (χ2n) is 7.47. The van der Waals surface area contributed by atoms with E-state index in [9.17, 15) is 4.79 Å². The van der Waals surface area contributed by atoms with Crippen molar-refractivity contribution in [3.05, 3.63) is 40.4 Å². The molecule has 1 aliphatic carbocycles. The third-order valence-electron chi connectivity index (χ3n) is 5.41. The third-order valence-corrected chi connectivity index (χ3v) is 5.41. The van der Waals surface area contributed by atoms with Gasteiger partial charge in [0.1, 0.15) is 17.0 Å². The highest BCUT2D eigenvalue weighted by molar-refractivity contribution is 5.97. The van der Waals surface area contributed by atoms with Crippen LogP contribution in [0.15, 0.2) is 16.7 Å². The minimum Gasteiger partial charge on any atom is -0.480 e. The first-order valence-electron chi connectivity index (χ1n) is 9.42. The van der Waals surface area contributed by atoms with Gasteiger partial charge in [0.05, 0.1) is 13.2 Å². The zero-order valence-electron chi connectivity index (χ0n) is 15.6. The SMILES string of the molecule is COc1nc2c(cc1C(=O)N1CCCC1c1cc(C(C)C)on1)CCC2. The molecule has 2 aliphatic rings. The molecule has 0 radical (unpaired) electrons. The Morgan fingerprint density at radius 2 is 2.15 bits per heavy atom. The molecule has 2 aromatic heterocycles. The number of aromatic nitrogens is 2. The normalized spacial score (nSPS) is 19.2. The zero-order valence-corrected chi connectivity index (χ0v) is 15.6. The van der Waals surface area contributed by atoms with Crippen LogP contribution in [0.1, 0.15) is 78.1 Å². The Morgan fingerprint density at radius 1 is 1.31 bits per heavy atom. The highest BCUT2D eigenvalue weighted by Gasteiger charge is 2.35. The summed E-state index contributed by atoms with van der Waals surface area (Å²) in [6.45, 7) is 4.86. The van der Waals surface area contributed by atoms with Crippen LogP contribution in [-0.2, 0) is 12.8 Å². The van der Waals surface area contributed by atoms with Crippen molar-refractivity contribution >= 4 is 5.91 Å². The minimum atomic E-state index is -0.0447. The largest absolute Gasteiger partial charge is 0.480 e. The molecule has 1 fully saturated rings. The second-order valence-corrected chi connectivity index (χ2v) is 7.47. The summed E-state index contributed by atoms with van der Waals surface area (Å²) < 4.78 is 10.9. The Morgan fingerprint density at radius 3 is 2.88 bits per heavy atom. The van der Waals surface area contributed by atoms with Crippen LogP contribution in [0.2, 0.25) is 0 Å². The summed E-state index contributed by atoms with van der Waals surface area (Å²) in [6.07, 6.45) is 4.89. The number of rotatable bonds is 4. The lowest BCUT2D eigenvalue weighted by Crippen LogP contribution is -2.31. The summed E-state index contributed by atoms with van der Waals surface area (Å²) in [7, 11) is 1.58. The number of methoxy groups -OCH3 is 1. The molecule has 6 heteroatoms. The highest BCUT2D eigenvalue weighted by atomic mass is 16.5. The molecule has 0 bridgehead atoms. The quantitative estimate of drug-likeness (QED) is 0.837. The molecule has 0 N–H and O–H groups in total. The van der Waals surface area contributed by atoms with Crippen LogP contribution < -0.4 is 4.74 Å². The van der Waals surface area contributed by atoms with E-state index in [1.54, 1.807) is 7.11 Å². The van der Waals surface area contributed by atoms with E-state index in [1.807, 2.05) is 17.0 Å². The highest BCUT2D eigenvalue weighted by Crippen LogP contribution is 2.36. The van der Waals surface area contributed by atoms with Crippen LogP contribution in [0.25, 0.3) is 0 Å². The molecule has 4 rings (SSSR count). The van der Waals surface area contributed by atoms with E-state index < -0.39 is 0 Å². The molecule has 1 amide bonds. The van der Waals surface area contributed by atoms with Gasteiger partial charge in [-0.1, -0.05) is 19.0 Å². The summed E-state index contributed by atoms with van der Waals surface area (Å²) in [5.74, 6) is 1.55. The predicted octanol–water partition coefficient (Wildman–Crippen LogP) is 3.67. The molecule has 6 nitrogen and oxygen atoms in total. The Balaban J connectivity index is 1.64. The number of fused-ring (bicyclic) bond motifs is 1. The number of hydrogen-bond donors (Lipinski definition) is 0. The lowest BCUT2D eigenvalue weighted by Gasteiger charge is -2.24. The number of carbonyl (C=O) groups excluding carboxylic acids is 1. The summed E-state index contributed by atoms with van der Waals surface area (Å²) >= 11 is 0. The molecular weight excluding hydrogens is 330 g/mol. The Bertz CT molecular complexity index is 828. The van der Waals surface area contributed by atoms with Crippen LogP contribution in [0, 0.1) is 0 Å². The van der Waals surface area contributed by atoms with Crippen LogP contribution in [0.3, 0.4) is 0 Å². The number of nitrogens with zero attached hydrogens (tertiary/aromatic N) is 3. The van der Waals surface area contributed by atoms with Gasteiger partial charge in [0.25, 0.3) is 5.91 Å². The predicted molar refractivity (Wildman–Crippen MR) is 96.4 cm³/mol. The van der Waals surface area contributed by atoms with E-state index >= 15 is 0 Å². The van der Waals surface area contributed by atoms with Gasteiger partial charge in [0.15, 0.2) is 0 Å². The van der Waals surface area contributed by atoms with Crippen LogP contribution in [0.4, 0.5) is 0 Å². The summed E-state index contributed by atoms with van der Waals surface area (Å²) in [5.41, 5.74) is 3.64. The fraction of sp³-hybridized carbons (Fsp3) is 0.550. The van der Waals surface area contributed by atoms with Gasteiger partial charge in [-0.25, -0.2) is 4.98 Å². The molecule has 0 aromatic carbocycles. The van der Waals surface area contributed by atoms with Gasteiger partial charge >= 0.3 is 0 Å². The summed E-state index contributed by atoms with van der Waals surface area (Å²) in [6, 6.07) is 3.92. The van der Waals surface area contributed by atoms with E-state index in [4.69, 9.17) is 9.26 Å². The van der Waals surface area contributed by atoms with Crippen molar-refractivity contribution < 1.29 is 14.1 Å². The molecule has 1 atom stereocenters. The van der Waals surface area contributed by atoms with Crippen molar-refractivity contribution in [3.8, 4) is 5.88 Å². The minimum absolute atomic E-state index is 0.0272. The topological polar surface area (TPSA) is 68.5 Å². The van der Waals surface area contributed by atoms with Crippen molar-refractivity contribution in [2.24, 2.45) is 0 Å². The molecule has 0 spiro atoms. The zero-order chi connectivity index (χ0) is 18.3. The van der Waals surface area contributed by atoms with Crippen molar-refractivity contribution in [3.63, 3.8) is 0 Å². The van der Waals surface area contributed by atoms with Gasteiger partial charge in [0.2, 0.25) is 5.88 Å². The first-order chi connectivity index (χ1) is 12.6. The van der Waals surface area contributed by atoms with Crippen molar-refractivity contribution in [2.45, 2.75) is 57.9 Å². The monoisotopic (exact) mass is 355 g/mol. The average Bonchev–Trinajstić information content (AvgIpc) is 3.38. The summed E-state index contributed by atoms with van der Waals surface area (Å²) in [4.78, 5) is 19.8. The van der Waals surface area contributed by atoms with E-state index in [1.165, 1.54) is 5.56 Å². The first kappa shape index (κ1) is 17.1. The molecule has 1 unspecified atom stereocenters. The maximum Gasteiger partial charge on any atom is 0.259 e. The maximum absolute atomic E-state index is 13.3. The van der Waals surface area contributed by atoms with E-state index in [0.29, 0.717) is 18.0 Å². The van der Waals surface area contributed by atoms with Crippen LogP contribution in [0.5, 0.6) is 5.88 Å². The smallest absolute Gasteiger partial charge is 0.259 e. The number of amides is 1. The van der Waals surface area contributed by atoms with E-state index in [2.05, 4.69) is 24.0 Å². The Hall–Kier alpha value is -2.37. The maximum atomic E-state index is 13.3. The van der Waals surface area contributed by atoms with E-state index in [-0.39, 0.29) is 17.9 Å². The number of hydrogen-bond acceptors (Lipinski definition) is 5. The molecule has 3 heterocycles. The molecular formula is C20H25N3O3. The Kier molecular flexibility index (Phi) is 4.42. The van der Waals surface area contributed by atoms with E-state index in [0.717, 1.165) is 49.3 Å². The van der Waals surface area contributed by atoms with Gasteiger partial charge < -0.3 is 14.2 Å². The molecule has 1 saturated heterocycles. The molecule has 138 valence electrons.